The van der Waals surface area contributed by atoms with Gasteiger partial charge in [-0.25, -0.2) is 4.68 Å². The third-order valence-corrected chi connectivity index (χ3v) is 5.34. The van der Waals surface area contributed by atoms with Gasteiger partial charge in [-0.05, 0) is 49.6 Å². The fourth-order valence-corrected chi connectivity index (χ4v) is 3.72. The van der Waals surface area contributed by atoms with E-state index in [-0.39, 0.29) is 12.1 Å². The van der Waals surface area contributed by atoms with Gasteiger partial charge in [0.15, 0.2) is 0 Å². The van der Waals surface area contributed by atoms with Crippen LogP contribution in [-0.4, -0.2) is 28.8 Å². The minimum atomic E-state index is -0.0840. The molecule has 2 aromatic carbocycles. The van der Waals surface area contributed by atoms with Crippen molar-refractivity contribution < 1.29 is 4.79 Å². The monoisotopic (exact) mass is 394 g/mol. The lowest BCUT2D eigenvalue weighted by Crippen LogP contribution is -2.45. The normalized spacial score (nSPS) is 16.0. The Bertz CT molecular complexity index is 1010. The number of fused-ring (bicyclic) bond motifs is 1. The van der Waals surface area contributed by atoms with E-state index in [2.05, 4.69) is 42.7 Å². The number of amides is 1. The molecule has 1 atom stereocenters. The zero-order chi connectivity index (χ0) is 19.7. The summed E-state index contributed by atoms with van der Waals surface area (Å²) in [5.41, 5.74) is 6.06. The van der Waals surface area contributed by atoms with E-state index in [1.54, 1.807) is 0 Å². The Morgan fingerprint density at radius 2 is 1.96 bits per heavy atom. The van der Waals surface area contributed by atoms with Gasteiger partial charge in [0.05, 0.1) is 12.2 Å². The van der Waals surface area contributed by atoms with Crippen LogP contribution in [0.25, 0.3) is 11.3 Å². The first-order chi connectivity index (χ1) is 13.5. The maximum Gasteiger partial charge on any atom is 0.269 e. The van der Waals surface area contributed by atoms with Crippen molar-refractivity contribution >= 4 is 17.5 Å². The lowest BCUT2D eigenvalue weighted by molar-refractivity contribution is 0.0901. The van der Waals surface area contributed by atoms with Crippen molar-refractivity contribution in [1.82, 2.24) is 20.4 Å². The summed E-state index contributed by atoms with van der Waals surface area (Å²) in [7, 11) is 0. The van der Waals surface area contributed by atoms with Gasteiger partial charge in [0.25, 0.3) is 5.91 Å². The van der Waals surface area contributed by atoms with E-state index in [0.717, 1.165) is 34.8 Å². The van der Waals surface area contributed by atoms with E-state index in [1.807, 2.05) is 35.0 Å². The summed E-state index contributed by atoms with van der Waals surface area (Å²) >= 11 is 5.94. The smallest absolute Gasteiger partial charge is 0.269 e. The molecule has 144 valence electrons. The Hall–Kier alpha value is -2.63. The highest BCUT2D eigenvalue weighted by Gasteiger charge is 2.27. The number of nitrogens with one attached hydrogen (secondary N) is 2. The number of hydrogen-bond donors (Lipinski definition) is 2. The highest BCUT2D eigenvalue weighted by Crippen LogP contribution is 2.26. The molecule has 28 heavy (non-hydrogen) atoms. The van der Waals surface area contributed by atoms with Crippen LogP contribution in [-0.2, 0) is 6.42 Å². The molecule has 2 heterocycles. The van der Waals surface area contributed by atoms with Crippen LogP contribution in [0.2, 0.25) is 5.02 Å². The quantitative estimate of drug-likeness (QED) is 0.690. The minimum absolute atomic E-state index is 0.0699. The van der Waals surface area contributed by atoms with Crippen LogP contribution in [0.15, 0.2) is 48.5 Å². The number of aromatic nitrogens is 2. The number of halogens is 1. The molecule has 0 bridgehead atoms. The first-order valence-electron chi connectivity index (χ1n) is 9.44. The van der Waals surface area contributed by atoms with Crippen molar-refractivity contribution in [2.24, 2.45) is 0 Å². The summed E-state index contributed by atoms with van der Waals surface area (Å²) in [6.45, 7) is 5.44. The third-order valence-electron chi connectivity index (χ3n) is 5.08. The number of rotatable bonds is 5. The standard InChI is InChI=1S/C22H23ClN4O/c1-14-3-8-18(15(2)11-14)19-12-20-22(28)25-13-21(27(20)26-19)24-10-9-16-4-6-17(23)7-5-16/h3-8,11-12,21,24H,9-10,13H2,1-2H3,(H,25,28). The van der Waals surface area contributed by atoms with Crippen LogP contribution >= 0.6 is 11.6 Å². The largest absolute Gasteiger partial charge is 0.347 e. The molecule has 0 fully saturated rings. The van der Waals surface area contributed by atoms with Crippen LogP contribution < -0.4 is 10.6 Å². The van der Waals surface area contributed by atoms with Crippen LogP contribution in [0.4, 0.5) is 0 Å². The number of carbonyl (C=O) groups excluding carboxylic acids is 1. The SMILES string of the molecule is Cc1ccc(-c2cc3n(n2)C(NCCc2ccc(Cl)cc2)CNC3=O)c(C)c1. The Labute approximate surface area is 169 Å². The predicted molar refractivity (Wildman–Crippen MR) is 112 cm³/mol. The fraction of sp³-hybridized carbons (Fsp3) is 0.273. The summed E-state index contributed by atoms with van der Waals surface area (Å²) in [5.74, 6) is -0.0840. The number of carbonyl (C=O) groups is 1. The topological polar surface area (TPSA) is 59.0 Å². The average molecular weight is 395 g/mol. The van der Waals surface area contributed by atoms with Gasteiger partial charge in [0.2, 0.25) is 0 Å². The lowest BCUT2D eigenvalue weighted by Gasteiger charge is -2.25. The zero-order valence-electron chi connectivity index (χ0n) is 16.0. The molecule has 1 aliphatic rings. The molecule has 1 amide bonds. The second-order valence-corrected chi connectivity index (χ2v) is 7.67. The molecule has 4 rings (SSSR count). The second kappa shape index (κ2) is 7.78. The molecule has 0 radical (unpaired) electrons. The van der Waals surface area contributed by atoms with Gasteiger partial charge in [-0.1, -0.05) is 47.5 Å². The number of hydrogen-bond acceptors (Lipinski definition) is 3. The Balaban J connectivity index is 1.52. The van der Waals surface area contributed by atoms with E-state index in [9.17, 15) is 4.79 Å². The second-order valence-electron chi connectivity index (χ2n) is 7.23. The van der Waals surface area contributed by atoms with Gasteiger partial charge < -0.3 is 5.32 Å². The molecular formula is C22H23ClN4O. The highest BCUT2D eigenvalue weighted by molar-refractivity contribution is 6.30. The van der Waals surface area contributed by atoms with Crippen LogP contribution in [0, 0.1) is 13.8 Å². The van der Waals surface area contributed by atoms with Crippen molar-refractivity contribution in [2.45, 2.75) is 26.4 Å². The van der Waals surface area contributed by atoms with Crippen molar-refractivity contribution in [1.29, 1.82) is 0 Å². The molecule has 1 aliphatic heterocycles. The highest BCUT2D eigenvalue weighted by atomic mass is 35.5. The molecule has 5 nitrogen and oxygen atoms in total. The Morgan fingerprint density at radius 3 is 2.71 bits per heavy atom. The molecule has 0 saturated heterocycles. The van der Waals surface area contributed by atoms with Crippen molar-refractivity contribution in [2.75, 3.05) is 13.1 Å². The average Bonchev–Trinajstić information content (AvgIpc) is 3.11. The maximum atomic E-state index is 12.3. The fourth-order valence-electron chi connectivity index (χ4n) is 3.59. The molecule has 1 aromatic heterocycles. The molecule has 2 N–H and O–H groups in total. The van der Waals surface area contributed by atoms with Crippen molar-refractivity contribution in [3.63, 3.8) is 0 Å². The van der Waals surface area contributed by atoms with Gasteiger partial charge in [0.1, 0.15) is 11.9 Å². The van der Waals surface area contributed by atoms with Crippen molar-refractivity contribution in [3.05, 3.63) is 75.9 Å². The lowest BCUT2D eigenvalue weighted by atomic mass is 10.0. The van der Waals surface area contributed by atoms with Gasteiger partial charge in [-0.15, -0.1) is 0 Å². The van der Waals surface area contributed by atoms with E-state index in [4.69, 9.17) is 16.7 Å². The molecule has 1 unspecified atom stereocenters. The van der Waals surface area contributed by atoms with Gasteiger partial charge >= 0.3 is 0 Å². The van der Waals surface area contributed by atoms with Crippen LogP contribution in [0.5, 0.6) is 0 Å². The Morgan fingerprint density at radius 1 is 1.18 bits per heavy atom. The predicted octanol–water partition coefficient (Wildman–Crippen LogP) is 3.89. The molecular weight excluding hydrogens is 372 g/mol. The number of benzene rings is 2. The first kappa shape index (κ1) is 18.7. The summed E-state index contributed by atoms with van der Waals surface area (Å²) in [6, 6.07) is 16.0. The van der Waals surface area contributed by atoms with Crippen LogP contribution in [0.3, 0.4) is 0 Å². The van der Waals surface area contributed by atoms with Gasteiger partial charge in [-0.2, -0.15) is 5.10 Å². The zero-order valence-corrected chi connectivity index (χ0v) is 16.8. The summed E-state index contributed by atoms with van der Waals surface area (Å²) in [6.07, 6.45) is 0.807. The van der Waals surface area contributed by atoms with Gasteiger partial charge in [0, 0.05) is 17.1 Å². The van der Waals surface area contributed by atoms with Crippen LogP contribution in [0.1, 0.15) is 33.3 Å². The molecule has 6 heteroatoms. The maximum absolute atomic E-state index is 12.3. The number of nitrogens with zero attached hydrogens (tertiary/aromatic N) is 2. The molecule has 0 saturated carbocycles. The van der Waals surface area contributed by atoms with E-state index in [1.165, 1.54) is 11.1 Å². The molecule has 0 aliphatic carbocycles. The third kappa shape index (κ3) is 3.81. The molecule has 0 spiro atoms. The minimum Gasteiger partial charge on any atom is -0.347 e. The summed E-state index contributed by atoms with van der Waals surface area (Å²) in [4.78, 5) is 12.3. The summed E-state index contributed by atoms with van der Waals surface area (Å²) in [5, 5.41) is 12.0. The van der Waals surface area contributed by atoms with E-state index >= 15 is 0 Å². The van der Waals surface area contributed by atoms with E-state index in [0.29, 0.717) is 12.2 Å². The number of aryl methyl sites for hydroxylation is 2. The van der Waals surface area contributed by atoms with E-state index < -0.39 is 0 Å². The Kier molecular flexibility index (Phi) is 5.20. The first-order valence-corrected chi connectivity index (χ1v) is 9.82. The van der Waals surface area contributed by atoms with Gasteiger partial charge in [-0.3, -0.25) is 10.1 Å². The molecule has 3 aromatic rings. The summed E-state index contributed by atoms with van der Waals surface area (Å²) < 4.78 is 1.81. The van der Waals surface area contributed by atoms with Crippen molar-refractivity contribution in [3.8, 4) is 11.3 Å².